The maximum Gasteiger partial charge on any atom is 0.0606 e. The zero-order valence-electron chi connectivity index (χ0n) is 5.52. The average molecular weight is 115 g/mol. The molecule has 1 unspecified atom stereocenters. The van der Waals surface area contributed by atoms with Crippen molar-refractivity contribution in [2.24, 2.45) is 0 Å². The summed E-state index contributed by atoms with van der Waals surface area (Å²) in [5, 5.41) is 10.3. The van der Waals surface area contributed by atoms with Crippen molar-refractivity contribution in [3.63, 3.8) is 0 Å². The quantitative estimate of drug-likeness (QED) is 0.547. The SMILES string of the molecule is CCC1(CC)CN1O. The fourth-order valence-electron chi connectivity index (χ4n) is 1.08. The molecule has 0 bridgehead atoms. The zero-order valence-corrected chi connectivity index (χ0v) is 5.52. The molecular weight excluding hydrogens is 102 g/mol. The monoisotopic (exact) mass is 115 g/mol. The molecule has 0 amide bonds. The number of nitrogens with zero attached hydrogens (tertiary/aromatic N) is 1. The van der Waals surface area contributed by atoms with E-state index in [1.165, 1.54) is 5.06 Å². The molecule has 0 spiro atoms. The predicted molar refractivity (Wildman–Crippen MR) is 31.8 cm³/mol. The minimum Gasteiger partial charge on any atom is -0.313 e. The van der Waals surface area contributed by atoms with E-state index >= 15 is 0 Å². The van der Waals surface area contributed by atoms with Crippen LogP contribution in [0.3, 0.4) is 0 Å². The normalized spacial score (nSPS) is 32.6. The summed E-state index contributed by atoms with van der Waals surface area (Å²) in [4.78, 5) is 0. The van der Waals surface area contributed by atoms with Crippen molar-refractivity contribution in [1.82, 2.24) is 5.06 Å². The molecule has 1 N–H and O–H groups in total. The molecular formula is C6H13NO. The Hall–Kier alpha value is -0.0800. The number of hydrogen-bond donors (Lipinski definition) is 1. The summed E-state index contributed by atoms with van der Waals surface area (Å²) in [6.45, 7) is 5.10. The molecule has 8 heavy (non-hydrogen) atoms. The molecule has 0 aliphatic carbocycles. The van der Waals surface area contributed by atoms with Gasteiger partial charge in [0, 0.05) is 6.54 Å². The first kappa shape index (κ1) is 6.05. The molecule has 1 aliphatic rings. The molecule has 1 atom stereocenters. The Morgan fingerprint density at radius 2 is 1.88 bits per heavy atom. The van der Waals surface area contributed by atoms with Gasteiger partial charge >= 0.3 is 0 Å². The molecule has 0 aromatic carbocycles. The predicted octanol–water partition coefficient (Wildman–Crippen LogP) is 1.25. The van der Waals surface area contributed by atoms with E-state index in [1.807, 2.05) is 0 Å². The van der Waals surface area contributed by atoms with Crippen LogP contribution in [0.2, 0.25) is 0 Å². The molecule has 1 saturated heterocycles. The van der Waals surface area contributed by atoms with Crippen LogP contribution in [0.5, 0.6) is 0 Å². The molecule has 2 heteroatoms. The van der Waals surface area contributed by atoms with Crippen LogP contribution in [0.15, 0.2) is 0 Å². The van der Waals surface area contributed by atoms with Gasteiger partial charge in [-0.2, -0.15) is 5.06 Å². The Kier molecular flexibility index (Phi) is 1.29. The van der Waals surface area contributed by atoms with Crippen molar-refractivity contribution in [3.05, 3.63) is 0 Å². The van der Waals surface area contributed by atoms with Crippen LogP contribution < -0.4 is 0 Å². The maximum atomic E-state index is 8.91. The highest BCUT2D eigenvalue weighted by molar-refractivity contribution is 4.99. The van der Waals surface area contributed by atoms with E-state index in [1.54, 1.807) is 0 Å². The summed E-state index contributed by atoms with van der Waals surface area (Å²) >= 11 is 0. The summed E-state index contributed by atoms with van der Waals surface area (Å²) in [5.74, 6) is 0. The third-order valence-electron chi connectivity index (χ3n) is 2.20. The second kappa shape index (κ2) is 1.71. The van der Waals surface area contributed by atoms with Gasteiger partial charge in [-0.1, -0.05) is 13.8 Å². The van der Waals surface area contributed by atoms with Gasteiger partial charge in [-0.3, -0.25) is 0 Å². The van der Waals surface area contributed by atoms with Crippen molar-refractivity contribution >= 4 is 0 Å². The van der Waals surface area contributed by atoms with Crippen LogP contribution in [-0.2, 0) is 0 Å². The molecule has 0 radical (unpaired) electrons. The molecule has 48 valence electrons. The van der Waals surface area contributed by atoms with Gasteiger partial charge in [-0.05, 0) is 12.8 Å². The summed E-state index contributed by atoms with van der Waals surface area (Å²) in [6, 6.07) is 0. The van der Waals surface area contributed by atoms with Gasteiger partial charge in [-0.15, -0.1) is 0 Å². The van der Waals surface area contributed by atoms with Crippen molar-refractivity contribution in [3.8, 4) is 0 Å². The highest BCUT2D eigenvalue weighted by atomic mass is 16.5. The van der Waals surface area contributed by atoms with Crippen LogP contribution in [0.1, 0.15) is 26.7 Å². The molecule has 1 heterocycles. The smallest absolute Gasteiger partial charge is 0.0606 e. The van der Waals surface area contributed by atoms with E-state index < -0.39 is 0 Å². The van der Waals surface area contributed by atoms with E-state index in [0.29, 0.717) is 0 Å². The second-order valence-corrected chi connectivity index (χ2v) is 2.49. The molecule has 0 aromatic heterocycles. The van der Waals surface area contributed by atoms with Crippen LogP contribution in [-0.4, -0.2) is 22.4 Å². The number of hydrogen-bond acceptors (Lipinski definition) is 2. The van der Waals surface area contributed by atoms with E-state index in [-0.39, 0.29) is 5.54 Å². The Labute approximate surface area is 50.1 Å². The fourth-order valence-corrected chi connectivity index (χ4v) is 1.08. The van der Waals surface area contributed by atoms with Crippen molar-refractivity contribution in [2.45, 2.75) is 32.2 Å². The van der Waals surface area contributed by atoms with Crippen molar-refractivity contribution < 1.29 is 5.21 Å². The Morgan fingerprint density at radius 3 is 1.88 bits per heavy atom. The molecule has 2 nitrogen and oxygen atoms in total. The van der Waals surface area contributed by atoms with Gasteiger partial charge in [0.25, 0.3) is 0 Å². The van der Waals surface area contributed by atoms with Crippen LogP contribution in [0, 0.1) is 0 Å². The zero-order chi connectivity index (χ0) is 6.20. The Bertz CT molecular complexity index is 83.0. The lowest BCUT2D eigenvalue weighted by Gasteiger charge is -2.06. The Morgan fingerprint density at radius 1 is 1.50 bits per heavy atom. The van der Waals surface area contributed by atoms with E-state index in [0.717, 1.165) is 19.4 Å². The molecule has 0 aromatic rings. The van der Waals surface area contributed by atoms with E-state index in [2.05, 4.69) is 13.8 Å². The lowest BCUT2D eigenvalue weighted by Crippen LogP contribution is -2.13. The summed E-state index contributed by atoms with van der Waals surface area (Å²) in [6.07, 6.45) is 2.14. The first-order valence-electron chi connectivity index (χ1n) is 3.21. The third-order valence-corrected chi connectivity index (χ3v) is 2.20. The van der Waals surface area contributed by atoms with Crippen LogP contribution >= 0.6 is 0 Å². The van der Waals surface area contributed by atoms with Crippen molar-refractivity contribution in [2.75, 3.05) is 6.54 Å². The van der Waals surface area contributed by atoms with E-state index in [9.17, 15) is 0 Å². The standard InChI is InChI=1S/C6H13NO/c1-3-6(4-2)5-7(6)8/h8H,3-5H2,1-2H3. The van der Waals surface area contributed by atoms with E-state index in [4.69, 9.17) is 5.21 Å². The maximum absolute atomic E-state index is 8.91. The van der Waals surface area contributed by atoms with Crippen LogP contribution in [0.25, 0.3) is 0 Å². The summed E-state index contributed by atoms with van der Waals surface area (Å²) < 4.78 is 0. The minimum absolute atomic E-state index is 0.181. The largest absolute Gasteiger partial charge is 0.313 e. The highest BCUT2D eigenvalue weighted by Crippen LogP contribution is 2.35. The molecule has 0 saturated carbocycles. The second-order valence-electron chi connectivity index (χ2n) is 2.49. The molecule has 1 fully saturated rings. The number of hydroxylamine groups is 2. The van der Waals surface area contributed by atoms with Gasteiger partial charge in [-0.25, -0.2) is 0 Å². The van der Waals surface area contributed by atoms with Crippen molar-refractivity contribution in [1.29, 1.82) is 0 Å². The third kappa shape index (κ3) is 0.644. The summed E-state index contributed by atoms with van der Waals surface area (Å²) in [5.41, 5.74) is 0.181. The Balaban J connectivity index is 2.39. The topological polar surface area (TPSA) is 23.2 Å². The van der Waals surface area contributed by atoms with Gasteiger partial charge in [0.2, 0.25) is 0 Å². The lowest BCUT2D eigenvalue weighted by molar-refractivity contribution is -0.00811. The highest BCUT2D eigenvalue weighted by Gasteiger charge is 2.48. The minimum atomic E-state index is 0.181. The lowest BCUT2D eigenvalue weighted by atomic mass is 10.1. The van der Waals surface area contributed by atoms with Gasteiger partial charge in [0.15, 0.2) is 0 Å². The fraction of sp³-hybridized carbons (Fsp3) is 1.00. The first-order valence-corrected chi connectivity index (χ1v) is 3.21. The van der Waals surface area contributed by atoms with Gasteiger partial charge in [0.1, 0.15) is 0 Å². The average Bonchev–Trinajstić information content (AvgIpc) is 2.43. The summed E-state index contributed by atoms with van der Waals surface area (Å²) in [7, 11) is 0. The first-order chi connectivity index (χ1) is 3.75. The van der Waals surface area contributed by atoms with Gasteiger partial charge in [0.05, 0.1) is 5.54 Å². The molecule has 1 aliphatic heterocycles. The van der Waals surface area contributed by atoms with Crippen LogP contribution in [0.4, 0.5) is 0 Å². The van der Waals surface area contributed by atoms with Gasteiger partial charge < -0.3 is 5.21 Å². The number of rotatable bonds is 2. The molecule has 1 rings (SSSR count).